The molecule has 0 saturated carbocycles. The first-order valence-corrected chi connectivity index (χ1v) is 10.7. The minimum Gasteiger partial charge on any atom is -0.376 e. The molecule has 2 N–H and O–H groups in total. The van der Waals surface area contributed by atoms with Crippen molar-refractivity contribution in [3.8, 4) is 0 Å². The second kappa shape index (κ2) is 8.01. The molecular formula is C18H21Cl2N5O2S. The van der Waals surface area contributed by atoms with Gasteiger partial charge in [0.15, 0.2) is 6.17 Å². The third-order valence-corrected chi connectivity index (χ3v) is 7.62. The first-order valence-electron chi connectivity index (χ1n) is 9.14. The third kappa shape index (κ3) is 3.74. The van der Waals surface area contributed by atoms with Crippen LogP contribution in [-0.2, 0) is 9.53 Å². The number of nitrogens with zero attached hydrogens (tertiary/aromatic N) is 4. The van der Waals surface area contributed by atoms with Gasteiger partial charge in [0.05, 0.1) is 23.9 Å². The largest absolute Gasteiger partial charge is 0.376 e. The van der Waals surface area contributed by atoms with Gasteiger partial charge in [0.25, 0.3) is 5.91 Å². The van der Waals surface area contributed by atoms with Crippen LogP contribution in [0.4, 0.5) is 0 Å². The average molecular weight is 442 g/mol. The van der Waals surface area contributed by atoms with Crippen LogP contribution >= 0.6 is 35.0 Å². The van der Waals surface area contributed by atoms with E-state index in [-0.39, 0.29) is 28.6 Å². The van der Waals surface area contributed by atoms with Crippen molar-refractivity contribution >= 4 is 52.1 Å². The summed E-state index contributed by atoms with van der Waals surface area (Å²) in [5, 5.41) is 1.04. The Kier molecular flexibility index (Phi) is 5.79. The molecule has 0 aromatic carbocycles. The van der Waals surface area contributed by atoms with Gasteiger partial charge in [-0.25, -0.2) is 9.98 Å². The summed E-state index contributed by atoms with van der Waals surface area (Å²) in [6.45, 7) is 4.22. The lowest BCUT2D eigenvalue weighted by Gasteiger charge is -2.42. The molecule has 2 fully saturated rings. The van der Waals surface area contributed by atoms with E-state index in [1.807, 2.05) is 6.92 Å². The Morgan fingerprint density at radius 1 is 1.36 bits per heavy atom. The lowest BCUT2D eigenvalue weighted by molar-refractivity contribution is -0.123. The maximum Gasteiger partial charge on any atom is 0.286 e. The van der Waals surface area contributed by atoms with E-state index >= 15 is 0 Å². The van der Waals surface area contributed by atoms with Crippen LogP contribution in [0.1, 0.15) is 19.8 Å². The molecule has 3 atom stereocenters. The lowest BCUT2D eigenvalue weighted by atomic mass is 9.73. The maximum atomic E-state index is 12.6. The van der Waals surface area contributed by atoms with Crippen LogP contribution in [0.3, 0.4) is 0 Å². The van der Waals surface area contributed by atoms with Crippen molar-refractivity contribution < 1.29 is 9.53 Å². The van der Waals surface area contributed by atoms with Crippen LogP contribution in [-0.4, -0.2) is 65.1 Å². The van der Waals surface area contributed by atoms with Gasteiger partial charge in [0.2, 0.25) is 0 Å². The van der Waals surface area contributed by atoms with E-state index in [4.69, 9.17) is 33.7 Å². The number of aromatic nitrogens is 1. The molecule has 4 rings (SSSR count). The summed E-state index contributed by atoms with van der Waals surface area (Å²) < 4.78 is 5.76. The van der Waals surface area contributed by atoms with Crippen molar-refractivity contribution in [1.29, 1.82) is 0 Å². The van der Waals surface area contributed by atoms with Gasteiger partial charge in [-0.05, 0) is 25.8 Å². The molecule has 10 heteroatoms. The van der Waals surface area contributed by atoms with E-state index in [1.165, 1.54) is 11.8 Å². The third-order valence-electron chi connectivity index (χ3n) is 5.78. The molecule has 3 aliphatic heterocycles. The zero-order chi connectivity index (χ0) is 19.9. The van der Waals surface area contributed by atoms with Gasteiger partial charge in [-0.3, -0.25) is 14.7 Å². The molecule has 1 unspecified atom stereocenters. The smallest absolute Gasteiger partial charge is 0.286 e. The molecular weight excluding hydrogens is 421 g/mol. The number of nitrogens with two attached hydrogens (primary N) is 1. The van der Waals surface area contributed by atoms with Crippen molar-refractivity contribution in [3.63, 3.8) is 0 Å². The number of pyridine rings is 1. The summed E-state index contributed by atoms with van der Waals surface area (Å²) in [6, 6.07) is 1.77. The summed E-state index contributed by atoms with van der Waals surface area (Å²) in [4.78, 5) is 27.9. The SMILES string of the molecule is C[C@@H]1OCC2(CCN(C3N=CC(Sc4ccnc(Cl)c4Cl)=NC3=O)CC2)[C@@H]1N. The van der Waals surface area contributed by atoms with Gasteiger partial charge in [0, 0.05) is 35.6 Å². The van der Waals surface area contributed by atoms with Gasteiger partial charge >= 0.3 is 0 Å². The Labute approximate surface area is 177 Å². The fourth-order valence-electron chi connectivity index (χ4n) is 3.97. The van der Waals surface area contributed by atoms with Gasteiger partial charge in [-0.15, -0.1) is 0 Å². The number of carbonyl (C=O) groups is 1. The van der Waals surface area contributed by atoms with E-state index < -0.39 is 6.17 Å². The number of likely N-dealkylation sites (tertiary alicyclic amines) is 1. The maximum absolute atomic E-state index is 12.6. The quantitative estimate of drug-likeness (QED) is 0.708. The standard InChI is InChI=1S/C18H21Cl2N5O2S/c1-10-14(21)18(9-27-10)3-6-25(7-4-18)16-17(26)24-12(8-23-16)28-11-2-5-22-15(20)13(11)19/h2,5,8,10,14,16H,3-4,6-7,9,21H2,1H3/t10-,14+,16?/m0/s1. The first kappa shape index (κ1) is 20.3. The summed E-state index contributed by atoms with van der Waals surface area (Å²) in [5.41, 5.74) is 6.38. The van der Waals surface area contributed by atoms with E-state index in [0.717, 1.165) is 25.9 Å². The molecule has 4 heterocycles. The number of hydrogen-bond acceptors (Lipinski definition) is 7. The van der Waals surface area contributed by atoms with Crippen LogP contribution in [0.2, 0.25) is 10.2 Å². The molecule has 1 aromatic heterocycles. The van der Waals surface area contributed by atoms with Crippen molar-refractivity contribution in [3.05, 3.63) is 22.4 Å². The van der Waals surface area contributed by atoms with Crippen molar-refractivity contribution in [2.24, 2.45) is 21.1 Å². The van der Waals surface area contributed by atoms with Crippen LogP contribution in [0.25, 0.3) is 0 Å². The molecule has 7 nitrogen and oxygen atoms in total. The Bertz CT molecular complexity index is 841. The Morgan fingerprint density at radius 2 is 2.11 bits per heavy atom. The number of aliphatic imine (C=N–C) groups is 2. The number of piperidine rings is 1. The second-order valence-corrected chi connectivity index (χ2v) is 9.19. The molecule has 150 valence electrons. The van der Waals surface area contributed by atoms with Gasteiger partial charge in [0.1, 0.15) is 10.2 Å². The summed E-state index contributed by atoms with van der Waals surface area (Å²) in [5.74, 6) is -0.266. The number of hydrogen-bond donors (Lipinski definition) is 1. The molecule has 1 spiro atoms. The van der Waals surface area contributed by atoms with Crippen LogP contribution in [0, 0.1) is 5.41 Å². The number of halogens is 2. The van der Waals surface area contributed by atoms with Crippen molar-refractivity contribution in [2.75, 3.05) is 19.7 Å². The first-order chi connectivity index (χ1) is 13.4. The van der Waals surface area contributed by atoms with Gasteiger partial charge in [-0.1, -0.05) is 35.0 Å². The minimum atomic E-state index is -0.575. The fourth-order valence-corrected chi connectivity index (χ4v) is 5.20. The van der Waals surface area contributed by atoms with Crippen LogP contribution < -0.4 is 5.73 Å². The zero-order valence-electron chi connectivity index (χ0n) is 15.3. The number of rotatable bonds is 2. The van der Waals surface area contributed by atoms with Gasteiger partial charge in [-0.2, -0.15) is 0 Å². The van der Waals surface area contributed by atoms with Gasteiger partial charge < -0.3 is 10.5 Å². The highest BCUT2D eigenvalue weighted by molar-refractivity contribution is 8.15. The average Bonchev–Trinajstić information content (AvgIpc) is 2.95. The summed E-state index contributed by atoms with van der Waals surface area (Å²) >= 11 is 13.3. The van der Waals surface area contributed by atoms with Crippen molar-refractivity contribution in [1.82, 2.24) is 9.88 Å². The lowest BCUT2D eigenvalue weighted by Crippen LogP contribution is -2.53. The fraction of sp³-hybridized carbons (Fsp3) is 0.556. The number of amides is 1. The summed E-state index contributed by atoms with van der Waals surface area (Å²) in [6.07, 6.45) is 4.48. The second-order valence-electron chi connectivity index (χ2n) is 7.40. The molecule has 0 bridgehead atoms. The predicted molar refractivity (Wildman–Crippen MR) is 111 cm³/mol. The van der Waals surface area contributed by atoms with Crippen LogP contribution in [0.15, 0.2) is 27.1 Å². The van der Waals surface area contributed by atoms with E-state index in [2.05, 4.69) is 19.9 Å². The Morgan fingerprint density at radius 3 is 2.75 bits per heavy atom. The molecule has 0 radical (unpaired) electrons. The molecule has 1 aromatic rings. The molecule has 28 heavy (non-hydrogen) atoms. The molecule has 3 aliphatic rings. The monoisotopic (exact) mass is 441 g/mol. The minimum absolute atomic E-state index is 0.0129. The molecule has 0 aliphatic carbocycles. The Hall–Kier alpha value is -1.03. The number of ether oxygens (including phenoxy) is 1. The zero-order valence-corrected chi connectivity index (χ0v) is 17.7. The van der Waals surface area contributed by atoms with E-state index in [9.17, 15) is 4.79 Å². The van der Waals surface area contributed by atoms with E-state index in [0.29, 0.717) is 21.6 Å². The van der Waals surface area contributed by atoms with Crippen LogP contribution in [0.5, 0.6) is 0 Å². The summed E-state index contributed by atoms with van der Waals surface area (Å²) in [7, 11) is 0. The molecule has 1 amide bonds. The van der Waals surface area contributed by atoms with Crippen molar-refractivity contribution in [2.45, 2.75) is 43.0 Å². The molecule has 2 saturated heterocycles. The Balaban J connectivity index is 1.39. The topological polar surface area (TPSA) is 93.2 Å². The number of thioether (sulfide) groups is 1. The normalized spacial score (nSPS) is 30.1. The number of carbonyl (C=O) groups excluding carboxylic acids is 1. The van der Waals surface area contributed by atoms with E-state index in [1.54, 1.807) is 18.5 Å². The highest BCUT2D eigenvalue weighted by Crippen LogP contribution is 2.41. The highest BCUT2D eigenvalue weighted by Gasteiger charge is 2.48. The highest BCUT2D eigenvalue weighted by atomic mass is 35.5. The predicted octanol–water partition coefficient (Wildman–Crippen LogP) is 2.64.